The van der Waals surface area contributed by atoms with E-state index in [0.29, 0.717) is 0 Å². The molecule has 22 heavy (non-hydrogen) atoms. The SMILES string of the molecule is [CH2]CCCCCCC/C=C\CCCCCCCCCCCC. The second-order valence-corrected chi connectivity index (χ2v) is 6.85. The van der Waals surface area contributed by atoms with Crippen LogP contribution in [-0.2, 0) is 0 Å². The minimum atomic E-state index is 1.11. The van der Waals surface area contributed by atoms with Crippen LogP contribution >= 0.6 is 0 Å². The predicted molar refractivity (Wildman–Crippen MR) is 103 cm³/mol. The smallest absolute Gasteiger partial charge is 0.0351 e. The van der Waals surface area contributed by atoms with Crippen LogP contribution < -0.4 is 0 Å². The third kappa shape index (κ3) is 19.7. The van der Waals surface area contributed by atoms with E-state index < -0.39 is 0 Å². The molecule has 0 amide bonds. The molecule has 0 aliphatic heterocycles. The summed E-state index contributed by atoms with van der Waals surface area (Å²) >= 11 is 0. The minimum Gasteiger partial charge on any atom is -0.0885 e. The van der Waals surface area contributed by atoms with E-state index in [-0.39, 0.29) is 0 Å². The molecule has 0 atom stereocenters. The summed E-state index contributed by atoms with van der Waals surface area (Å²) in [6.45, 7) is 6.18. The summed E-state index contributed by atoms with van der Waals surface area (Å²) in [4.78, 5) is 0. The van der Waals surface area contributed by atoms with Crippen LogP contribution in [0.1, 0.15) is 122 Å². The Morgan fingerprint density at radius 1 is 0.500 bits per heavy atom. The Morgan fingerprint density at radius 2 is 0.864 bits per heavy atom. The average molecular weight is 308 g/mol. The summed E-state index contributed by atoms with van der Waals surface area (Å²) in [6.07, 6.45) is 29.8. The van der Waals surface area contributed by atoms with Crippen molar-refractivity contribution in [3.05, 3.63) is 19.1 Å². The first-order valence-electron chi connectivity index (χ1n) is 10.4. The van der Waals surface area contributed by atoms with Gasteiger partial charge < -0.3 is 0 Å². The van der Waals surface area contributed by atoms with Gasteiger partial charge in [0.15, 0.2) is 0 Å². The van der Waals surface area contributed by atoms with Gasteiger partial charge in [-0.05, 0) is 25.7 Å². The van der Waals surface area contributed by atoms with Crippen molar-refractivity contribution < 1.29 is 0 Å². The van der Waals surface area contributed by atoms with Gasteiger partial charge in [-0.2, -0.15) is 0 Å². The van der Waals surface area contributed by atoms with Gasteiger partial charge in [-0.15, -0.1) is 0 Å². The molecule has 0 saturated carbocycles. The molecule has 0 fully saturated rings. The average Bonchev–Trinajstić information content (AvgIpc) is 2.54. The van der Waals surface area contributed by atoms with Crippen molar-refractivity contribution in [3.8, 4) is 0 Å². The van der Waals surface area contributed by atoms with Crippen molar-refractivity contribution in [1.82, 2.24) is 0 Å². The van der Waals surface area contributed by atoms with E-state index in [4.69, 9.17) is 0 Å². The van der Waals surface area contributed by atoms with Crippen LogP contribution in [0.2, 0.25) is 0 Å². The maximum absolute atomic E-state index is 3.89. The van der Waals surface area contributed by atoms with Crippen LogP contribution in [0.4, 0.5) is 0 Å². The van der Waals surface area contributed by atoms with E-state index in [0.717, 1.165) is 6.42 Å². The monoisotopic (exact) mass is 307 g/mol. The largest absolute Gasteiger partial charge is 0.0885 e. The minimum absolute atomic E-state index is 1.11. The Labute approximate surface area is 142 Å². The zero-order valence-electron chi connectivity index (χ0n) is 15.6. The van der Waals surface area contributed by atoms with Crippen molar-refractivity contribution in [2.45, 2.75) is 122 Å². The normalized spacial score (nSPS) is 11.5. The Morgan fingerprint density at radius 3 is 1.27 bits per heavy atom. The fourth-order valence-electron chi connectivity index (χ4n) is 2.95. The Balaban J connectivity index is 3.02. The molecule has 0 unspecified atom stereocenters. The number of unbranched alkanes of at least 4 members (excludes halogenated alkanes) is 16. The highest BCUT2D eigenvalue weighted by molar-refractivity contribution is 4.81. The van der Waals surface area contributed by atoms with Crippen LogP contribution in [0, 0.1) is 6.92 Å². The molecular formula is C22H43. The molecule has 0 aromatic carbocycles. The molecule has 0 bridgehead atoms. The van der Waals surface area contributed by atoms with Gasteiger partial charge in [0.2, 0.25) is 0 Å². The van der Waals surface area contributed by atoms with Crippen molar-refractivity contribution in [3.63, 3.8) is 0 Å². The standard InChI is InChI=1S/C22H43/c1-3-5-7-9-11-13-15-17-19-21-22-20-18-16-14-12-10-8-6-4-2/h17,19H,1,3-16,18,20-22H2,2H3/b19-17-. The first kappa shape index (κ1) is 21.7. The maximum Gasteiger partial charge on any atom is -0.0351 e. The topological polar surface area (TPSA) is 0 Å². The zero-order valence-corrected chi connectivity index (χ0v) is 15.6. The van der Waals surface area contributed by atoms with Crippen LogP contribution in [0.3, 0.4) is 0 Å². The van der Waals surface area contributed by atoms with Gasteiger partial charge in [0, 0.05) is 0 Å². The van der Waals surface area contributed by atoms with Crippen molar-refractivity contribution >= 4 is 0 Å². The summed E-state index contributed by atoms with van der Waals surface area (Å²) in [5.74, 6) is 0. The Bertz CT molecular complexity index is 204. The summed E-state index contributed by atoms with van der Waals surface area (Å²) in [7, 11) is 0. The number of hydrogen-bond donors (Lipinski definition) is 0. The first-order valence-corrected chi connectivity index (χ1v) is 10.4. The van der Waals surface area contributed by atoms with Crippen LogP contribution in [0.15, 0.2) is 12.2 Å². The first-order chi connectivity index (χ1) is 10.9. The highest BCUT2D eigenvalue weighted by Gasteiger charge is 1.92. The van der Waals surface area contributed by atoms with Gasteiger partial charge in [0.05, 0.1) is 0 Å². The lowest BCUT2D eigenvalue weighted by atomic mass is 10.1. The van der Waals surface area contributed by atoms with Gasteiger partial charge in [0.25, 0.3) is 0 Å². The second kappa shape index (κ2) is 20.7. The van der Waals surface area contributed by atoms with Gasteiger partial charge in [0.1, 0.15) is 0 Å². The lowest BCUT2D eigenvalue weighted by Crippen LogP contribution is -1.81. The van der Waals surface area contributed by atoms with Crippen LogP contribution in [0.5, 0.6) is 0 Å². The molecule has 0 nitrogen and oxygen atoms in total. The summed E-state index contributed by atoms with van der Waals surface area (Å²) < 4.78 is 0. The van der Waals surface area contributed by atoms with E-state index in [2.05, 4.69) is 26.0 Å². The fourth-order valence-corrected chi connectivity index (χ4v) is 2.95. The number of allylic oxidation sites excluding steroid dienone is 2. The molecule has 1 radical (unpaired) electrons. The predicted octanol–water partition coefficient (Wildman–Crippen LogP) is 8.42. The summed E-state index contributed by atoms with van der Waals surface area (Å²) in [6, 6.07) is 0. The highest BCUT2D eigenvalue weighted by atomic mass is 14.0. The van der Waals surface area contributed by atoms with Crippen LogP contribution in [-0.4, -0.2) is 0 Å². The molecule has 0 spiro atoms. The lowest BCUT2D eigenvalue weighted by molar-refractivity contribution is 0.557. The Kier molecular flexibility index (Phi) is 20.5. The molecule has 0 N–H and O–H groups in total. The van der Waals surface area contributed by atoms with E-state index in [9.17, 15) is 0 Å². The molecule has 0 aliphatic carbocycles. The molecule has 0 aliphatic rings. The fraction of sp³-hybridized carbons (Fsp3) is 0.864. The molecule has 0 heterocycles. The highest BCUT2D eigenvalue weighted by Crippen LogP contribution is 2.12. The third-order valence-corrected chi connectivity index (χ3v) is 4.51. The third-order valence-electron chi connectivity index (χ3n) is 4.51. The summed E-state index contributed by atoms with van der Waals surface area (Å²) in [5, 5.41) is 0. The van der Waals surface area contributed by atoms with Crippen molar-refractivity contribution in [2.24, 2.45) is 0 Å². The Hall–Kier alpha value is -0.260. The molecule has 0 aromatic rings. The zero-order chi connectivity index (χ0) is 16.1. The quantitative estimate of drug-likeness (QED) is 0.176. The second-order valence-electron chi connectivity index (χ2n) is 6.85. The lowest BCUT2D eigenvalue weighted by Gasteiger charge is -2.01. The van der Waals surface area contributed by atoms with Gasteiger partial charge in [-0.1, -0.05) is 116 Å². The number of rotatable bonds is 18. The van der Waals surface area contributed by atoms with E-state index in [1.165, 1.54) is 109 Å². The van der Waals surface area contributed by atoms with Gasteiger partial charge in [-0.25, -0.2) is 0 Å². The van der Waals surface area contributed by atoms with E-state index in [1.807, 2.05) is 0 Å². The van der Waals surface area contributed by atoms with E-state index >= 15 is 0 Å². The van der Waals surface area contributed by atoms with Crippen molar-refractivity contribution in [2.75, 3.05) is 0 Å². The van der Waals surface area contributed by atoms with Gasteiger partial charge in [-0.3, -0.25) is 0 Å². The molecule has 131 valence electrons. The maximum atomic E-state index is 3.89. The molecular weight excluding hydrogens is 264 g/mol. The molecule has 0 heteroatoms. The summed E-state index contributed by atoms with van der Waals surface area (Å²) in [5.41, 5.74) is 0. The van der Waals surface area contributed by atoms with E-state index in [1.54, 1.807) is 0 Å². The molecule has 0 aromatic heterocycles. The molecule has 0 saturated heterocycles. The van der Waals surface area contributed by atoms with Gasteiger partial charge >= 0.3 is 0 Å². The molecule has 0 rings (SSSR count). The van der Waals surface area contributed by atoms with Crippen LogP contribution in [0.25, 0.3) is 0 Å². The number of hydrogen-bond acceptors (Lipinski definition) is 0. The van der Waals surface area contributed by atoms with Crippen molar-refractivity contribution in [1.29, 1.82) is 0 Å².